The van der Waals surface area contributed by atoms with Crippen LogP contribution in [0.5, 0.6) is 0 Å². The maximum atomic E-state index is 5.88. The number of rotatable bonds is 3. The summed E-state index contributed by atoms with van der Waals surface area (Å²) < 4.78 is 12.4. The van der Waals surface area contributed by atoms with Crippen LogP contribution in [-0.2, 0) is 4.74 Å². The molecule has 0 amide bonds. The van der Waals surface area contributed by atoms with Gasteiger partial charge in [-0.2, -0.15) is 0 Å². The molecule has 96 valence electrons. The first-order chi connectivity index (χ1) is 8.79. The Balaban J connectivity index is 1.96. The van der Waals surface area contributed by atoms with E-state index in [2.05, 4.69) is 33.2 Å². The third kappa shape index (κ3) is 2.06. The molecular formula is C13H15BrN2O2. The van der Waals surface area contributed by atoms with Crippen molar-refractivity contribution in [2.24, 2.45) is 0 Å². The molecule has 0 aliphatic carbocycles. The van der Waals surface area contributed by atoms with Crippen molar-refractivity contribution in [2.45, 2.75) is 18.9 Å². The Morgan fingerprint density at radius 2 is 2.33 bits per heavy atom. The van der Waals surface area contributed by atoms with Gasteiger partial charge in [-0.3, -0.25) is 0 Å². The molecule has 5 heteroatoms. The molecule has 1 aliphatic rings. The standard InChI is InChI=1S/C13H15BrN2O2/c1-2-15-11-7-17-6-8(11)13-16-10-5-3-4-9(14)12(10)18-13/h3-5,8,11,15H,2,6-7H2,1H3. The molecular weight excluding hydrogens is 296 g/mol. The van der Waals surface area contributed by atoms with E-state index < -0.39 is 0 Å². The van der Waals surface area contributed by atoms with Crippen molar-refractivity contribution >= 4 is 27.0 Å². The number of para-hydroxylation sites is 1. The molecule has 2 atom stereocenters. The van der Waals surface area contributed by atoms with Crippen LogP contribution in [0.4, 0.5) is 0 Å². The number of nitrogens with one attached hydrogen (secondary N) is 1. The smallest absolute Gasteiger partial charge is 0.202 e. The summed E-state index contributed by atoms with van der Waals surface area (Å²) in [6, 6.07) is 6.18. The molecule has 1 aromatic carbocycles. The summed E-state index contributed by atoms with van der Waals surface area (Å²) in [6.07, 6.45) is 0. The second kappa shape index (κ2) is 4.99. The van der Waals surface area contributed by atoms with E-state index >= 15 is 0 Å². The molecule has 2 aromatic rings. The number of aromatic nitrogens is 1. The number of ether oxygens (including phenoxy) is 1. The predicted octanol–water partition coefficient (Wildman–Crippen LogP) is 2.68. The van der Waals surface area contributed by atoms with E-state index in [4.69, 9.17) is 9.15 Å². The predicted molar refractivity (Wildman–Crippen MR) is 72.7 cm³/mol. The van der Waals surface area contributed by atoms with E-state index in [1.807, 2.05) is 18.2 Å². The summed E-state index contributed by atoms with van der Waals surface area (Å²) in [5.41, 5.74) is 1.70. The number of hydrogen-bond donors (Lipinski definition) is 1. The van der Waals surface area contributed by atoms with Crippen molar-refractivity contribution in [1.29, 1.82) is 0 Å². The fourth-order valence-electron chi connectivity index (χ4n) is 2.35. The van der Waals surface area contributed by atoms with Crippen LogP contribution in [0.25, 0.3) is 11.1 Å². The Bertz CT molecular complexity index is 555. The van der Waals surface area contributed by atoms with Crippen LogP contribution >= 0.6 is 15.9 Å². The highest BCUT2D eigenvalue weighted by Crippen LogP contribution is 2.31. The minimum atomic E-state index is 0.198. The van der Waals surface area contributed by atoms with Gasteiger partial charge < -0.3 is 14.5 Å². The molecule has 0 radical (unpaired) electrons. The number of likely N-dealkylation sites (N-methyl/N-ethyl adjacent to an activating group) is 1. The SMILES string of the molecule is CCNC1COCC1c1nc2cccc(Br)c2o1. The first-order valence-corrected chi connectivity index (χ1v) is 6.95. The lowest BCUT2D eigenvalue weighted by Gasteiger charge is -2.14. The largest absolute Gasteiger partial charge is 0.439 e. The molecule has 2 unspecified atom stereocenters. The van der Waals surface area contributed by atoms with Crippen molar-refractivity contribution in [1.82, 2.24) is 10.3 Å². The zero-order valence-electron chi connectivity index (χ0n) is 10.1. The molecule has 1 fully saturated rings. The number of benzene rings is 1. The number of hydrogen-bond acceptors (Lipinski definition) is 4. The molecule has 1 saturated heterocycles. The Hall–Kier alpha value is -0.910. The molecule has 18 heavy (non-hydrogen) atoms. The lowest BCUT2D eigenvalue weighted by molar-refractivity contribution is 0.186. The summed E-state index contributed by atoms with van der Waals surface area (Å²) in [4.78, 5) is 4.57. The number of halogens is 1. The van der Waals surface area contributed by atoms with Crippen molar-refractivity contribution in [2.75, 3.05) is 19.8 Å². The fourth-order valence-corrected chi connectivity index (χ4v) is 2.79. The van der Waals surface area contributed by atoms with Gasteiger partial charge in [-0.1, -0.05) is 13.0 Å². The lowest BCUT2D eigenvalue weighted by Crippen LogP contribution is -2.34. The highest BCUT2D eigenvalue weighted by molar-refractivity contribution is 9.10. The summed E-state index contributed by atoms with van der Waals surface area (Å²) in [5, 5.41) is 3.42. The third-order valence-electron chi connectivity index (χ3n) is 3.25. The average molecular weight is 311 g/mol. The van der Waals surface area contributed by atoms with Gasteiger partial charge in [0.1, 0.15) is 5.52 Å². The van der Waals surface area contributed by atoms with Crippen LogP contribution in [0.1, 0.15) is 18.7 Å². The van der Waals surface area contributed by atoms with Crippen LogP contribution < -0.4 is 5.32 Å². The normalized spacial score (nSPS) is 23.9. The average Bonchev–Trinajstić information content (AvgIpc) is 2.95. The highest BCUT2D eigenvalue weighted by atomic mass is 79.9. The molecule has 1 aliphatic heterocycles. The topological polar surface area (TPSA) is 47.3 Å². The van der Waals surface area contributed by atoms with Gasteiger partial charge in [-0.15, -0.1) is 0 Å². The number of fused-ring (bicyclic) bond motifs is 1. The zero-order valence-corrected chi connectivity index (χ0v) is 11.7. The van der Waals surface area contributed by atoms with Crippen molar-refractivity contribution < 1.29 is 9.15 Å². The maximum Gasteiger partial charge on any atom is 0.202 e. The summed E-state index contributed by atoms with van der Waals surface area (Å²) in [7, 11) is 0. The second-order valence-electron chi connectivity index (χ2n) is 4.45. The van der Waals surface area contributed by atoms with Gasteiger partial charge in [0, 0.05) is 6.04 Å². The monoisotopic (exact) mass is 310 g/mol. The first kappa shape index (κ1) is 12.1. The molecule has 3 rings (SSSR count). The van der Waals surface area contributed by atoms with Crippen LogP contribution in [0, 0.1) is 0 Å². The van der Waals surface area contributed by atoms with Crippen molar-refractivity contribution in [3.63, 3.8) is 0 Å². The molecule has 0 saturated carbocycles. The third-order valence-corrected chi connectivity index (χ3v) is 3.87. The number of oxazole rings is 1. The van der Waals surface area contributed by atoms with Gasteiger partial charge >= 0.3 is 0 Å². The summed E-state index contributed by atoms with van der Waals surface area (Å²) in [6.45, 7) is 4.41. The molecule has 1 N–H and O–H groups in total. The second-order valence-corrected chi connectivity index (χ2v) is 5.30. The summed E-state index contributed by atoms with van der Waals surface area (Å²) >= 11 is 3.48. The minimum absolute atomic E-state index is 0.198. The van der Waals surface area contributed by atoms with Crippen LogP contribution in [0.3, 0.4) is 0 Å². The van der Waals surface area contributed by atoms with E-state index in [1.54, 1.807) is 0 Å². The number of nitrogens with zero attached hydrogens (tertiary/aromatic N) is 1. The van der Waals surface area contributed by atoms with Gasteiger partial charge in [0.25, 0.3) is 0 Å². The molecule has 2 heterocycles. The highest BCUT2D eigenvalue weighted by Gasteiger charge is 2.32. The molecule has 0 bridgehead atoms. The van der Waals surface area contributed by atoms with Gasteiger partial charge in [-0.25, -0.2) is 4.98 Å². The lowest BCUT2D eigenvalue weighted by atomic mass is 10.0. The molecule has 0 spiro atoms. The fraction of sp³-hybridized carbons (Fsp3) is 0.462. The Labute approximate surface area is 114 Å². The van der Waals surface area contributed by atoms with Gasteiger partial charge in [0.05, 0.1) is 23.6 Å². The van der Waals surface area contributed by atoms with E-state index in [0.717, 1.165) is 34.6 Å². The van der Waals surface area contributed by atoms with Gasteiger partial charge in [0.15, 0.2) is 5.58 Å². The Kier molecular flexibility index (Phi) is 3.37. The van der Waals surface area contributed by atoms with Crippen LogP contribution in [0.2, 0.25) is 0 Å². The quantitative estimate of drug-likeness (QED) is 0.947. The molecule has 4 nitrogen and oxygen atoms in total. The first-order valence-electron chi connectivity index (χ1n) is 6.15. The van der Waals surface area contributed by atoms with Gasteiger partial charge in [0.2, 0.25) is 5.89 Å². The summed E-state index contributed by atoms with van der Waals surface area (Å²) in [5.74, 6) is 0.963. The Morgan fingerprint density at radius 1 is 1.44 bits per heavy atom. The van der Waals surface area contributed by atoms with Crippen molar-refractivity contribution in [3.8, 4) is 0 Å². The van der Waals surface area contributed by atoms with Gasteiger partial charge in [-0.05, 0) is 34.6 Å². The van der Waals surface area contributed by atoms with E-state index in [9.17, 15) is 0 Å². The van der Waals surface area contributed by atoms with E-state index in [0.29, 0.717) is 12.6 Å². The van der Waals surface area contributed by atoms with Crippen LogP contribution in [0.15, 0.2) is 27.1 Å². The minimum Gasteiger partial charge on any atom is -0.439 e. The van der Waals surface area contributed by atoms with Crippen molar-refractivity contribution in [3.05, 3.63) is 28.6 Å². The van der Waals surface area contributed by atoms with E-state index in [1.165, 1.54) is 0 Å². The van der Waals surface area contributed by atoms with E-state index in [-0.39, 0.29) is 5.92 Å². The Morgan fingerprint density at radius 3 is 3.11 bits per heavy atom. The zero-order chi connectivity index (χ0) is 12.5. The van der Waals surface area contributed by atoms with Crippen LogP contribution in [-0.4, -0.2) is 30.8 Å². The maximum absolute atomic E-state index is 5.88. The molecule has 1 aromatic heterocycles.